The molecule has 1 fully saturated rings. The summed E-state index contributed by atoms with van der Waals surface area (Å²) in [6.07, 6.45) is -0.912. The lowest BCUT2D eigenvalue weighted by Gasteiger charge is -2.30. The monoisotopic (exact) mass is 160 g/mol. The molecule has 0 radical (unpaired) electrons. The van der Waals surface area contributed by atoms with E-state index in [1.807, 2.05) is 0 Å². The van der Waals surface area contributed by atoms with E-state index < -0.39 is 6.09 Å². The fourth-order valence-corrected chi connectivity index (χ4v) is 1.12. The van der Waals surface area contributed by atoms with Gasteiger partial charge in [0.1, 0.15) is 0 Å². The van der Waals surface area contributed by atoms with Crippen LogP contribution in [0.15, 0.2) is 0 Å². The van der Waals surface area contributed by atoms with Gasteiger partial charge >= 0.3 is 6.09 Å². The van der Waals surface area contributed by atoms with Crippen molar-refractivity contribution in [3.8, 4) is 0 Å². The van der Waals surface area contributed by atoms with E-state index >= 15 is 0 Å². The second-order valence-electron chi connectivity index (χ2n) is 2.56. The van der Waals surface area contributed by atoms with E-state index in [0.29, 0.717) is 19.6 Å². The molecule has 1 atom stereocenters. The average molecular weight is 160 g/mol. The zero-order chi connectivity index (χ0) is 8.27. The molecule has 5 nitrogen and oxygen atoms in total. The molecule has 0 aliphatic carbocycles. The minimum atomic E-state index is -0.912. The summed E-state index contributed by atoms with van der Waals surface area (Å²) in [5.41, 5.74) is 0. The molecule has 0 aromatic heterocycles. The third-order valence-electron chi connectivity index (χ3n) is 1.75. The molecular formula is C6H12N2O3. The molecule has 1 heterocycles. The zero-order valence-electron chi connectivity index (χ0n) is 6.16. The standard InChI is InChI=1S/C6H12N2O3/c9-4-5-3-8(6(10)11)2-1-7-5/h5,7,9H,1-4H2,(H,10,11)/t5-/m1/s1. The second kappa shape index (κ2) is 3.54. The lowest BCUT2D eigenvalue weighted by atomic mass is 10.2. The summed E-state index contributed by atoms with van der Waals surface area (Å²) in [6.45, 7) is 1.50. The van der Waals surface area contributed by atoms with Gasteiger partial charge in [0.05, 0.1) is 6.61 Å². The highest BCUT2D eigenvalue weighted by molar-refractivity contribution is 5.65. The van der Waals surface area contributed by atoms with Crippen LogP contribution in [-0.2, 0) is 0 Å². The van der Waals surface area contributed by atoms with E-state index in [0.717, 1.165) is 0 Å². The van der Waals surface area contributed by atoms with Gasteiger partial charge in [-0.1, -0.05) is 0 Å². The van der Waals surface area contributed by atoms with E-state index in [1.165, 1.54) is 4.90 Å². The van der Waals surface area contributed by atoms with Gasteiger partial charge in [0.15, 0.2) is 0 Å². The van der Waals surface area contributed by atoms with E-state index in [-0.39, 0.29) is 12.6 Å². The largest absolute Gasteiger partial charge is 0.465 e. The van der Waals surface area contributed by atoms with Crippen LogP contribution in [0.1, 0.15) is 0 Å². The topological polar surface area (TPSA) is 72.8 Å². The Morgan fingerprint density at radius 1 is 1.73 bits per heavy atom. The Morgan fingerprint density at radius 3 is 3.00 bits per heavy atom. The van der Waals surface area contributed by atoms with Crippen molar-refractivity contribution in [2.75, 3.05) is 26.2 Å². The summed E-state index contributed by atoms with van der Waals surface area (Å²) < 4.78 is 0. The number of nitrogens with zero attached hydrogens (tertiary/aromatic N) is 1. The Morgan fingerprint density at radius 2 is 2.45 bits per heavy atom. The van der Waals surface area contributed by atoms with Crippen LogP contribution in [0.5, 0.6) is 0 Å². The molecule has 64 valence electrons. The fourth-order valence-electron chi connectivity index (χ4n) is 1.12. The zero-order valence-corrected chi connectivity index (χ0v) is 6.16. The number of hydrogen-bond donors (Lipinski definition) is 3. The maximum Gasteiger partial charge on any atom is 0.407 e. The Labute approximate surface area is 64.6 Å². The van der Waals surface area contributed by atoms with Crippen molar-refractivity contribution in [3.63, 3.8) is 0 Å². The quantitative estimate of drug-likeness (QED) is 0.456. The number of carboxylic acid groups (broad SMARTS) is 1. The van der Waals surface area contributed by atoms with Crippen molar-refractivity contribution >= 4 is 6.09 Å². The summed E-state index contributed by atoms with van der Waals surface area (Å²) in [6, 6.07) is -0.0974. The first-order chi connectivity index (χ1) is 5.24. The van der Waals surface area contributed by atoms with E-state index in [1.54, 1.807) is 0 Å². The van der Waals surface area contributed by atoms with Crippen LogP contribution < -0.4 is 5.32 Å². The molecule has 3 N–H and O–H groups in total. The molecule has 0 aromatic carbocycles. The molecule has 0 bridgehead atoms. The number of amides is 1. The van der Waals surface area contributed by atoms with E-state index in [4.69, 9.17) is 10.2 Å². The molecular weight excluding hydrogens is 148 g/mol. The number of nitrogens with one attached hydrogen (secondary N) is 1. The first-order valence-electron chi connectivity index (χ1n) is 3.56. The van der Waals surface area contributed by atoms with Crippen molar-refractivity contribution in [2.24, 2.45) is 0 Å². The number of rotatable bonds is 1. The summed E-state index contributed by atoms with van der Waals surface area (Å²) in [7, 11) is 0. The Bertz CT molecular complexity index is 151. The average Bonchev–Trinajstić information content (AvgIpc) is 2.05. The Kier molecular flexibility index (Phi) is 2.67. The van der Waals surface area contributed by atoms with Gasteiger partial charge in [0.25, 0.3) is 0 Å². The summed E-state index contributed by atoms with van der Waals surface area (Å²) in [5, 5.41) is 20.3. The van der Waals surface area contributed by atoms with Crippen LogP contribution in [0.25, 0.3) is 0 Å². The molecule has 1 saturated heterocycles. The van der Waals surface area contributed by atoms with Crippen LogP contribution >= 0.6 is 0 Å². The normalized spacial score (nSPS) is 25.2. The highest BCUT2D eigenvalue weighted by Crippen LogP contribution is 1.97. The minimum absolute atomic E-state index is 0.0101. The lowest BCUT2D eigenvalue weighted by Crippen LogP contribution is -2.53. The van der Waals surface area contributed by atoms with Gasteiger partial charge in [0.2, 0.25) is 0 Å². The van der Waals surface area contributed by atoms with Gasteiger partial charge in [-0.25, -0.2) is 4.79 Å². The number of hydrogen-bond acceptors (Lipinski definition) is 3. The Hall–Kier alpha value is -0.810. The van der Waals surface area contributed by atoms with Crippen LogP contribution in [-0.4, -0.2) is 53.5 Å². The smallest absolute Gasteiger partial charge is 0.407 e. The van der Waals surface area contributed by atoms with Gasteiger partial charge in [-0.2, -0.15) is 0 Å². The number of piperazine rings is 1. The summed E-state index contributed by atoms with van der Waals surface area (Å²) in [5.74, 6) is 0. The van der Waals surface area contributed by atoms with Crippen LogP contribution in [0.3, 0.4) is 0 Å². The predicted octanol–water partition coefficient (Wildman–Crippen LogP) is -1.07. The second-order valence-corrected chi connectivity index (χ2v) is 2.56. The highest BCUT2D eigenvalue weighted by Gasteiger charge is 2.21. The molecule has 1 amide bonds. The SMILES string of the molecule is O=C(O)N1CCN[C@@H](CO)C1. The highest BCUT2D eigenvalue weighted by atomic mass is 16.4. The van der Waals surface area contributed by atoms with Crippen LogP contribution in [0, 0.1) is 0 Å². The summed E-state index contributed by atoms with van der Waals surface area (Å²) >= 11 is 0. The molecule has 1 aliphatic heterocycles. The van der Waals surface area contributed by atoms with Crippen molar-refractivity contribution in [3.05, 3.63) is 0 Å². The molecule has 1 rings (SSSR count). The number of carbonyl (C=O) groups is 1. The van der Waals surface area contributed by atoms with Crippen molar-refractivity contribution in [1.29, 1.82) is 0 Å². The number of aliphatic hydroxyl groups is 1. The number of aliphatic hydroxyl groups excluding tert-OH is 1. The minimum Gasteiger partial charge on any atom is -0.465 e. The van der Waals surface area contributed by atoms with Crippen LogP contribution in [0.4, 0.5) is 4.79 Å². The Balaban J connectivity index is 2.39. The van der Waals surface area contributed by atoms with Gasteiger partial charge in [-0.05, 0) is 0 Å². The van der Waals surface area contributed by atoms with E-state index in [9.17, 15) is 4.79 Å². The molecule has 5 heteroatoms. The predicted molar refractivity (Wildman–Crippen MR) is 38.5 cm³/mol. The molecule has 11 heavy (non-hydrogen) atoms. The van der Waals surface area contributed by atoms with Crippen molar-refractivity contribution in [2.45, 2.75) is 6.04 Å². The first-order valence-corrected chi connectivity index (χ1v) is 3.56. The van der Waals surface area contributed by atoms with Gasteiger partial charge < -0.3 is 20.4 Å². The van der Waals surface area contributed by atoms with E-state index in [2.05, 4.69) is 5.32 Å². The van der Waals surface area contributed by atoms with Crippen LogP contribution in [0.2, 0.25) is 0 Å². The molecule has 0 saturated carbocycles. The molecule has 1 aliphatic rings. The fraction of sp³-hybridized carbons (Fsp3) is 0.833. The third-order valence-corrected chi connectivity index (χ3v) is 1.75. The third kappa shape index (κ3) is 2.06. The maximum absolute atomic E-state index is 10.4. The molecule has 0 spiro atoms. The van der Waals surface area contributed by atoms with Crippen molar-refractivity contribution in [1.82, 2.24) is 10.2 Å². The van der Waals surface area contributed by atoms with Gasteiger partial charge in [-0.15, -0.1) is 0 Å². The summed E-state index contributed by atoms with van der Waals surface area (Å²) in [4.78, 5) is 11.7. The molecule has 0 unspecified atom stereocenters. The lowest BCUT2D eigenvalue weighted by molar-refractivity contribution is 0.115. The first kappa shape index (κ1) is 8.29. The molecule has 0 aromatic rings. The van der Waals surface area contributed by atoms with Crippen molar-refractivity contribution < 1.29 is 15.0 Å². The van der Waals surface area contributed by atoms with Gasteiger partial charge in [-0.3, -0.25) is 0 Å². The maximum atomic E-state index is 10.4. The van der Waals surface area contributed by atoms with Gasteiger partial charge in [0, 0.05) is 25.7 Å².